The van der Waals surface area contributed by atoms with E-state index in [4.69, 9.17) is 16.3 Å². The summed E-state index contributed by atoms with van der Waals surface area (Å²) in [6, 6.07) is 8.70. The molecule has 5 nitrogen and oxygen atoms in total. The molecular formula is C18H22ClN3O2. The summed E-state index contributed by atoms with van der Waals surface area (Å²) in [5.41, 5.74) is 1.94. The molecule has 1 aromatic heterocycles. The zero-order valence-electron chi connectivity index (χ0n) is 14.2. The highest BCUT2D eigenvalue weighted by atomic mass is 35.5. The predicted molar refractivity (Wildman–Crippen MR) is 98.4 cm³/mol. The van der Waals surface area contributed by atoms with Crippen molar-refractivity contribution in [2.45, 2.75) is 19.8 Å². The standard InChI is InChI=1S/C18H22ClN3O2/c1-4-5-10-22(2)14-7-8-16(20-12-14)18(23)21-13-6-9-17(24-3)15(19)11-13/h6-9,11-12H,4-5,10H2,1-3H3,(H,21,23). The van der Waals surface area contributed by atoms with Crippen LogP contribution in [-0.2, 0) is 0 Å². The molecule has 0 saturated heterocycles. The maximum Gasteiger partial charge on any atom is 0.274 e. The summed E-state index contributed by atoms with van der Waals surface area (Å²) in [5, 5.41) is 3.22. The molecule has 128 valence electrons. The first-order valence-corrected chi connectivity index (χ1v) is 8.25. The number of unbranched alkanes of at least 4 members (excludes halogenated alkanes) is 1. The minimum absolute atomic E-state index is 0.279. The second-order valence-electron chi connectivity index (χ2n) is 5.48. The molecule has 0 aliphatic carbocycles. The summed E-state index contributed by atoms with van der Waals surface area (Å²) in [5.74, 6) is 0.284. The summed E-state index contributed by atoms with van der Waals surface area (Å²) in [4.78, 5) is 18.6. The Bertz CT molecular complexity index is 689. The van der Waals surface area contributed by atoms with Crippen molar-refractivity contribution in [2.24, 2.45) is 0 Å². The molecule has 0 bridgehead atoms. The first-order chi connectivity index (χ1) is 11.5. The Hall–Kier alpha value is -2.27. The van der Waals surface area contributed by atoms with Crippen molar-refractivity contribution in [1.29, 1.82) is 0 Å². The Morgan fingerprint density at radius 1 is 1.33 bits per heavy atom. The van der Waals surface area contributed by atoms with E-state index in [1.807, 2.05) is 13.1 Å². The van der Waals surface area contributed by atoms with Crippen molar-refractivity contribution in [3.8, 4) is 5.75 Å². The second-order valence-corrected chi connectivity index (χ2v) is 5.89. The fraction of sp³-hybridized carbons (Fsp3) is 0.333. The molecule has 0 aliphatic heterocycles. The van der Waals surface area contributed by atoms with E-state index in [1.165, 1.54) is 0 Å². The van der Waals surface area contributed by atoms with Crippen LogP contribution in [0.1, 0.15) is 30.3 Å². The Morgan fingerprint density at radius 2 is 2.12 bits per heavy atom. The quantitative estimate of drug-likeness (QED) is 0.814. The molecule has 6 heteroatoms. The van der Waals surface area contributed by atoms with Gasteiger partial charge >= 0.3 is 0 Å². The van der Waals surface area contributed by atoms with Crippen LogP contribution in [0.5, 0.6) is 5.75 Å². The third-order valence-electron chi connectivity index (χ3n) is 3.68. The van der Waals surface area contributed by atoms with Crippen LogP contribution in [0.2, 0.25) is 5.02 Å². The van der Waals surface area contributed by atoms with E-state index in [2.05, 4.69) is 22.1 Å². The van der Waals surface area contributed by atoms with Gasteiger partial charge in [0.05, 0.1) is 24.0 Å². The highest BCUT2D eigenvalue weighted by Gasteiger charge is 2.10. The predicted octanol–water partition coefficient (Wildman–Crippen LogP) is 4.23. The van der Waals surface area contributed by atoms with Gasteiger partial charge in [-0.25, -0.2) is 4.98 Å². The molecule has 0 atom stereocenters. The molecule has 0 saturated carbocycles. The minimum atomic E-state index is -0.279. The van der Waals surface area contributed by atoms with Crippen LogP contribution in [0.3, 0.4) is 0 Å². The second kappa shape index (κ2) is 8.55. The normalized spacial score (nSPS) is 10.3. The number of anilines is 2. The van der Waals surface area contributed by atoms with Gasteiger partial charge in [0.15, 0.2) is 0 Å². The fourth-order valence-corrected chi connectivity index (χ4v) is 2.47. The van der Waals surface area contributed by atoms with Gasteiger partial charge in [-0.05, 0) is 36.8 Å². The highest BCUT2D eigenvalue weighted by Crippen LogP contribution is 2.27. The number of hydrogen-bond acceptors (Lipinski definition) is 4. The summed E-state index contributed by atoms with van der Waals surface area (Å²) in [6.07, 6.45) is 3.98. The van der Waals surface area contributed by atoms with Crippen LogP contribution in [0.4, 0.5) is 11.4 Å². The van der Waals surface area contributed by atoms with E-state index in [0.29, 0.717) is 22.2 Å². The van der Waals surface area contributed by atoms with Crippen LogP contribution in [0, 0.1) is 0 Å². The highest BCUT2D eigenvalue weighted by molar-refractivity contribution is 6.32. The lowest BCUT2D eigenvalue weighted by atomic mass is 10.2. The number of nitrogens with one attached hydrogen (secondary N) is 1. The Labute approximate surface area is 147 Å². The Morgan fingerprint density at radius 3 is 2.71 bits per heavy atom. The number of amides is 1. The van der Waals surface area contributed by atoms with Crippen molar-refractivity contribution < 1.29 is 9.53 Å². The average Bonchev–Trinajstić information content (AvgIpc) is 2.60. The van der Waals surface area contributed by atoms with Crippen LogP contribution in [0.15, 0.2) is 36.5 Å². The number of carbonyl (C=O) groups excluding carboxylic acids is 1. The van der Waals surface area contributed by atoms with E-state index in [0.717, 1.165) is 25.1 Å². The zero-order chi connectivity index (χ0) is 17.5. The maximum atomic E-state index is 12.3. The van der Waals surface area contributed by atoms with E-state index in [1.54, 1.807) is 37.6 Å². The smallest absolute Gasteiger partial charge is 0.274 e. The molecule has 2 rings (SSSR count). The van der Waals surface area contributed by atoms with Gasteiger partial charge in [0.1, 0.15) is 11.4 Å². The van der Waals surface area contributed by atoms with Gasteiger partial charge in [0.25, 0.3) is 5.91 Å². The van der Waals surface area contributed by atoms with Crippen molar-refractivity contribution in [3.05, 3.63) is 47.2 Å². The van der Waals surface area contributed by atoms with E-state index >= 15 is 0 Å². The summed E-state index contributed by atoms with van der Waals surface area (Å²) < 4.78 is 5.09. The maximum absolute atomic E-state index is 12.3. The van der Waals surface area contributed by atoms with E-state index < -0.39 is 0 Å². The monoisotopic (exact) mass is 347 g/mol. The first-order valence-electron chi connectivity index (χ1n) is 7.87. The van der Waals surface area contributed by atoms with Crippen molar-refractivity contribution in [1.82, 2.24) is 4.98 Å². The SMILES string of the molecule is CCCCN(C)c1ccc(C(=O)Nc2ccc(OC)c(Cl)c2)nc1. The molecular weight excluding hydrogens is 326 g/mol. The van der Waals surface area contributed by atoms with Crippen molar-refractivity contribution >= 4 is 28.9 Å². The number of methoxy groups -OCH3 is 1. The molecule has 0 spiro atoms. The number of nitrogens with zero attached hydrogens (tertiary/aromatic N) is 2. The lowest BCUT2D eigenvalue weighted by Gasteiger charge is -2.18. The van der Waals surface area contributed by atoms with Gasteiger partial charge in [-0.3, -0.25) is 4.79 Å². The molecule has 1 amide bonds. The number of aromatic nitrogens is 1. The van der Waals surface area contributed by atoms with Gasteiger partial charge in [-0.15, -0.1) is 0 Å². The molecule has 24 heavy (non-hydrogen) atoms. The molecule has 2 aromatic rings. The fourth-order valence-electron chi connectivity index (χ4n) is 2.21. The summed E-state index contributed by atoms with van der Waals surface area (Å²) >= 11 is 6.06. The third-order valence-corrected chi connectivity index (χ3v) is 3.97. The number of hydrogen-bond donors (Lipinski definition) is 1. The lowest BCUT2D eigenvalue weighted by Crippen LogP contribution is -2.19. The summed E-state index contributed by atoms with van der Waals surface area (Å²) in [7, 11) is 3.56. The van der Waals surface area contributed by atoms with Gasteiger partial charge in [-0.2, -0.15) is 0 Å². The Kier molecular flexibility index (Phi) is 6.44. The van der Waals surface area contributed by atoms with Crippen molar-refractivity contribution in [3.63, 3.8) is 0 Å². The molecule has 0 radical (unpaired) electrons. The van der Waals surface area contributed by atoms with E-state index in [-0.39, 0.29) is 5.91 Å². The van der Waals surface area contributed by atoms with E-state index in [9.17, 15) is 4.79 Å². The molecule has 0 fully saturated rings. The minimum Gasteiger partial charge on any atom is -0.495 e. The summed E-state index contributed by atoms with van der Waals surface area (Å²) in [6.45, 7) is 3.12. The topological polar surface area (TPSA) is 54.5 Å². The zero-order valence-corrected chi connectivity index (χ0v) is 14.9. The molecule has 1 heterocycles. The largest absolute Gasteiger partial charge is 0.495 e. The molecule has 0 aliphatic rings. The average molecular weight is 348 g/mol. The van der Waals surface area contributed by atoms with Gasteiger partial charge in [0, 0.05) is 19.3 Å². The number of rotatable bonds is 7. The number of halogens is 1. The molecule has 0 unspecified atom stereocenters. The lowest BCUT2D eigenvalue weighted by molar-refractivity contribution is 0.102. The Balaban J connectivity index is 2.03. The van der Waals surface area contributed by atoms with Crippen LogP contribution in [-0.4, -0.2) is 31.6 Å². The number of pyridine rings is 1. The van der Waals surface area contributed by atoms with Crippen LogP contribution in [0.25, 0.3) is 0 Å². The third kappa shape index (κ3) is 4.61. The number of ether oxygens (including phenoxy) is 1. The number of carbonyl (C=O) groups is 1. The first kappa shape index (κ1) is 18.1. The van der Waals surface area contributed by atoms with Crippen molar-refractivity contribution in [2.75, 3.05) is 30.9 Å². The molecule has 1 aromatic carbocycles. The van der Waals surface area contributed by atoms with Gasteiger partial charge < -0.3 is 15.0 Å². The van der Waals surface area contributed by atoms with Gasteiger partial charge in [0.2, 0.25) is 0 Å². The van der Waals surface area contributed by atoms with Crippen LogP contribution >= 0.6 is 11.6 Å². The molecule has 1 N–H and O–H groups in total. The van der Waals surface area contributed by atoms with Crippen LogP contribution < -0.4 is 15.0 Å². The van der Waals surface area contributed by atoms with Gasteiger partial charge in [-0.1, -0.05) is 24.9 Å². The number of benzene rings is 1.